The van der Waals surface area contributed by atoms with Crippen LogP contribution in [0.3, 0.4) is 0 Å². The van der Waals surface area contributed by atoms with E-state index in [9.17, 15) is 18.0 Å². The lowest BCUT2D eigenvalue weighted by Gasteiger charge is -2.31. The summed E-state index contributed by atoms with van der Waals surface area (Å²) in [5.41, 5.74) is 1.12. The van der Waals surface area contributed by atoms with Gasteiger partial charge in [-0.3, -0.25) is 10.2 Å². The molecular weight excluding hydrogens is 369 g/mol. The van der Waals surface area contributed by atoms with Crippen LogP contribution in [-0.2, 0) is 4.79 Å². The number of halogens is 3. The van der Waals surface area contributed by atoms with Crippen LogP contribution in [0.15, 0.2) is 36.4 Å². The number of hydrazine groups is 1. The zero-order valence-corrected chi connectivity index (χ0v) is 16.6. The maximum atomic E-state index is 14.1. The van der Waals surface area contributed by atoms with Gasteiger partial charge < -0.3 is 4.74 Å². The van der Waals surface area contributed by atoms with Crippen LogP contribution in [0.2, 0.25) is 0 Å². The summed E-state index contributed by atoms with van der Waals surface area (Å²) in [6.07, 6.45) is -4.57. The van der Waals surface area contributed by atoms with Gasteiger partial charge in [-0.05, 0) is 51.6 Å². The molecule has 0 unspecified atom stereocenters. The second-order valence-electron chi connectivity index (χ2n) is 8.81. The van der Waals surface area contributed by atoms with Crippen LogP contribution in [0, 0.1) is 5.41 Å². The smallest absolute Gasteiger partial charge is 0.409 e. The van der Waals surface area contributed by atoms with Crippen molar-refractivity contribution in [3.05, 3.63) is 42.0 Å². The molecule has 4 nitrogen and oxygen atoms in total. The number of nitrogens with one attached hydrogen (secondary N) is 1. The molecule has 3 rings (SSSR count). The summed E-state index contributed by atoms with van der Waals surface area (Å²) in [4.78, 5) is 12.1. The van der Waals surface area contributed by atoms with E-state index in [1.807, 2.05) is 20.8 Å². The number of rotatable bonds is 3. The van der Waals surface area contributed by atoms with Gasteiger partial charge in [-0.1, -0.05) is 30.3 Å². The number of carbonyl (C=O) groups is 1. The van der Waals surface area contributed by atoms with Crippen LogP contribution < -0.4 is 10.2 Å². The highest BCUT2D eigenvalue weighted by atomic mass is 19.4. The van der Waals surface area contributed by atoms with Crippen LogP contribution in [0.5, 0.6) is 5.75 Å². The van der Waals surface area contributed by atoms with E-state index in [0.717, 1.165) is 5.01 Å². The van der Waals surface area contributed by atoms with Gasteiger partial charge in [-0.2, -0.15) is 13.2 Å². The number of benzene rings is 2. The number of carbonyl (C=O) groups excluding carboxylic acids is 1. The van der Waals surface area contributed by atoms with Gasteiger partial charge in [-0.15, -0.1) is 0 Å². The predicted molar refractivity (Wildman–Crippen MR) is 102 cm³/mol. The first-order chi connectivity index (χ1) is 12.8. The van der Waals surface area contributed by atoms with E-state index in [1.54, 1.807) is 44.2 Å². The Hall–Kier alpha value is -2.28. The van der Waals surface area contributed by atoms with E-state index in [0.29, 0.717) is 16.5 Å². The molecule has 0 bridgehead atoms. The Balaban J connectivity index is 2.14. The summed E-state index contributed by atoms with van der Waals surface area (Å²) in [6.45, 7) is 8.88. The fraction of sp³-hybridized carbons (Fsp3) is 0.476. The zero-order chi connectivity index (χ0) is 20.9. The molecule has 1 aliphatic heterocycles. The first kappa shape index (κ1) is 20.5. The lowest BCUT2D eigenvalue weighted by Crippen LogP contribution is -2.43. The third-order valence-electron chi connectivity index (χ3n) is 4.68. The molecular formula is C21H25F3N2O2. The summed E-state index contributed by atoms with van der Waals surface area (Å²) in [7, 11) is 0. The molecule has 28 heavy (non-hydrogen) atoms. The Morgan fingerprint density at radius 2 is 1.68 bits per heavy atom. The lowest BCUT2D eigenvalue weighted by molar-refractivity contribution is -0.191. The monoisotopic (exact) mass is 394 g/mol. The van der Waals surface area contributed by atoms with Crippen LogP contribution in [-0.4, -0.2) is 29.2 Å². The fourth-order valence-corrected chi connectivity index (χ4v) is 3.45. The Morgan fingerprint density at radius 1 is 1.07 bits per heavy atom. The van der Waals surface area contributed by atoms with E-state index in [-0.39, 0.29) is 12.1 Å². The minimum absolute atomic E-state index is 0.0371. The molecule has 0 radical (unpaired) electrons. The number of amides is 1. The second-order valence-corrected chi connectivity index (χ2v) is 8.81. The van der Waals surface area contributed by atoms with E-state index >= 15 is 0 Å². The molecule has 1 N–H and O–H groups in total. The van der Waals surface area contributed by atoms with Gasteiger partial charge in [-0.25, -0.2) is 5.01 Å². The quantitative estimate of drug-likeness (QED) is 0.797. The van der Waals surface area contributed by atoms with Crippen molar-refractivity contribution >= 4 is 16.7 Å². The van der Waals surface area contributed by atoms with E-state index in [1.165, 1.54) is 6.07 Å². The van der Waals surface area contributed by atoms with Crippen molar-refractivity contribution in [1.29, 1.82) is 0 Å². The summed E-state index contributed by atoms with van der Waals surface area (Å²) in [5.74, 6) is 0.109. The maximum absolute atomic E-state index is 14.1. The highest BCUT2D eigenvalue weighted by Crippen LogP contribution is 2.44. The summed E-state index contributed by atoms with van der Waals surface area (Å²) < 4.78 is 48.3. The van der Waals surface area contributed by atoms with Crippen LogP contribution in [0.4, 0.5) is 13.2 Å². The molecule has 1 fully saturated rings. The minimum atomic E-state index is -4.57. The average Bonchev–Trinajstić information content (AvgIpc) is 2.80. The SMILES string of the molecule is CC(C)(C)Oc1ccc([C@H](N2CC(C)(C)C(=O)N2)C(F)(F)F)c2ccccc12. The second kappa shape index (κ2) is 6.65. The van der Waals surface area contributed by atoms with E-state index in [2.05, 4.69) is 5.43 Å². The maximum Gasteiger partial charge on any atom is 0.409 e. The largest absolute Gasteiger partial charge is 0.488 e. The highest BCUT2D eigenvalue weighted by Gasteiger charge is 2.51. The lowest BCUT2D eigenvalue weighted by atomic mass is 9.93. The molecule has 152 valence electrons. The molecule has 2 aromatic rings. The van der Waals surface area contributed by atoms with Gasteiger partial charge in [0.1, 0.15) is 11.4 Å². The summed E-state index contributed by atoms with van der Waals surface area (Å²) in [5, 5.41) is 2.05. The van der Waals surface area contributed by atoms with Gasteiger partial charge >= 0.3 is 6.18 Å². The molecule has 2 aromatic carbocycles. The van der Waals surface area contributed by atoms with Crippen molar-refractivity contribution in [2.24, 2.45) is 5.41 Å². The van der Waals surface area contributed by atoms with Gasteiger partial charge in [0.15, 0.2) is 6.04 Å². The van der Waals surface area contributed by atoms with Crippen molar-refractivity contribution in [3.63, 3.8) is 0 Å². The van der Waals surface area contributed by atoms with E-state index < -0.39 is 29.1 Å². The van der Waals surface area contributed by atoms with Crippen LogP contribution >= 0.6 is 0 Å². The number of fused-ring (bicyclic) bond motifs is 1. The minimum Gasteiger partial charge on any atom is -0.488 e. The normalized spacial score (nSPS) is 18.9. The van der Waals surface area contributed by atoms with E-state index in [4.69, 9.17) is 4.74 Å². The standard InChI is InChI=1S/C21H25F3N2O2/c1-19(2,3)28-16-11-10-15(13-8-6-7-9-14(13)16)17(21(22,23)24)26-12-20(4,5)18(27)25-26/h6-11,17H,12H2,1-5H3,(H,25,27)/t17-/m0/s1. The molecule has 1 saturated heterocycles. The predicted octanol–water partition coefficient (Wildman–Crippen LogP) is 4.99. The third kappa shape index (κ3) is 3.94. The Bertz CT molecular complexity index is 901. The number of hydrogen-bond donors (Lipinski definition) is 1. The number of alkyl halides is 3. The Kier molecular flexibility index (Phi) is 4.86. The number of ether oxygens (including phenoxy) is 1. The molecule has 0 spiro atoms. The molecule has 7 heteroatoms. The number of nitrogens with zero attached hydrogens (tertiary/aromatic N) is 1. The molecule has 1 heterocycles. The van der Waals surface area contributed by atoms with Gasteiger partial charge in [0.2, 0.25) is 5.91 Å². The first-order valence-corrected chi connectivity index (χ1v) is 9.15. The molecule has 0 aliphatic carbocycles. The van der Waals surface area contributed by atoms with Gasteiger partial charge in [0.25, 0.3) is 0 Å². The highest BCUT2D eigenvalue weighted by molar-refractivity contribution is 5.91. The van der Waals surface area contributed by atoms with Crippen LogP contribution in [0.1, 0.15) is 46.2 Å². The molecule has 0 saturated carbocycles. The Labute approximate surface area is 162 Å². The van der Waals surface area contributed by atoms with Gasteiger partial charge in [0.05, 0.1) is 5.41 Å². The van der Waals surface area contributed by atoms with Crippen molar-refractivity contribution in [2.45, 2.75) is 52.4 Å². The fourth-order valence-electron chi connectivity index (χ4n) is 3.45. The topological polar surface area (TPSA) is 41.6 Å². The molecule has 0 aromatic heterocycles. The first-order valence-electron chi connectivity index (χ1n) is 9.15. The van der Waals surface area contributed by atoms with Crippen molar-refractivity contribution in [2.75, 3.05) is 6.54 Å². The average molecular weight is 394 g/mol. The van der Waals surface area contributed by atoms with Crippen molar-refractivity contribution in [1.82, 2.24) is 10.4 Å². The summed E-state index contributed by atoms with van der Waals surface area (Å²) >= 11 is 0. The van der Waals surface area contributed by atoms with Crippen molar-refractivity contribution in [3.8, 4) is 5.75 Å². The molecule has 1 amide bonds. The van der Waals surface area contributed by atoms with Crippen molar-refractivity contribution < 1.29 is 22.7 Å². The third-order valence-corrected chi connectivity index (χ3v) is 4.68. The molecule has 1 atom stereocenters. The summed E-state index contributed by atoms with van der Waals surface area (Å²) in [6, 6.07) is 7.94. The number of hydrogen-bond acceptors (Lipinski definition) is 3. The Morgan fingerprint density at radius 3 is 2.18 bits per heavy atom. The van der Waals surface area contributed by atoms with Gasteiger partial charge in [0, 0.05) is 11.9 Å². The van der Waals surface area contributed by atoms with Crippen LogP contribution in [0.25, 0.3) is 10.8 Å². The molecule has 1 aliphatic rings. The zero-order valence-electron chi connectivity index (χ0n) is 16.6.